The lowest BCUT2D eigenvalue weighted by Gasteiger charge is -2.15. The number of hydrogen-bond donors (Lipinski definition) is 1. The molecule has 152 valence electrons. The zero-order valence-electron chi connectivity index (χ0n) is 16.1. The average Bonchev–Trinajstić information content (AvgIpc) is 2.95. The number of aliphatic hydroxyl groups is 1. The minimum absolute atomic E-state index is 0.00780. The monoisotopic (exact) mass is 399 g/mol. The molecule has 8 nitrogen and oxygen atoms in total. The number of allylic oxidation sites excluding steroid dienone is 2. The van der Waals surface area contributed by atoms with Crippen LogP contribution in [0.25, 0.3) is 0 Å². The summed E-state index contributed by atoms with van der Waals surface area (Å²) in [6, 6.07) is 6.15. The Morgan fingerprint density at radius 3 is 2.07 bits per heavy atom. The molecule has 1 saturated heterocycles. The van der Waals surface area contributed by atoms with Crippen LogP contribution in [-0.2, 0) is 14.3 Å². The molecule has 0 aromatic heterocycles. The Labute approximate surface area is 167 Å². The second kappa shape index (κ2) is 8.00. The van der Waals surface area contributed by atoms with Crippen molar-refractivity contribution in [2.24, 2.45) is 0 Å². The number of ether oxygens (including phenoxy) is 2. The summed E-state index contributed by atoms with van der Waals surface area (Å²) in [5, 5.41) is 9.74. The molecule has 0 saturated carbocycles. The van der Waals surface area contributed by atoms with E-state index in [0.29, 0.717) is 29.1 Å². The molecule has 29 heavy (non-hydrogen) atoms. The molecule has 0 spiro atoms. The molecule has 1 heterocycles. The summed E-state index contributed by atoms with van der Waals surface area (Å²) in [6.07, 6.45) is 3.56. The molecule has 0 atom stereocenters. The van der Waals surface area contributed by atoms with E-state index in [0.717, 1.165) is 0 Å². The van der Waals surface area contributed by atoms with Gasteiger partial charge >= 0.3 is 6.09 Å². The van der Waals surface area contributed by atoms with E-state index in [2.05, 4.69) is 0 Å². The highest BCUT2D eigenvalue weighted by atomic mass is 16.6. The lowest BCUT2D eigenvalue weighted by Crippen LogP contribution is -2.37. The van der Waals surface area contributed by atoms with Gasteiger partial charge in [-0.1, -0.05) is 12.2 Å². The highest BCUT2D eigenvalue weighted by Crippen LogP contribution is 2.29. The van der Waals surface area contributed by atoms with Gasteiger partial charge in [0, 0.05) is 16.7 Å². The van der Waals surface area contributed by atoms with Gasteiger partial charge in [0.25, 0.3) is 11.8 Å². The number of benzene rings is 1. The molecule has 1 N–H and O–H groups in total. The number of fused-ring (bicyclic) bond motifs is 1. The van der Waals surface area contributed by atoms with Gasteiger partial charge in [0.2, 0.25) is 0 Å². The number of nitrogens with zero attached hydrogens (tertiary/aromatic N) is 1. The van der Waals surface area contributed by atoms with Crippen LogP contribution in [0.15, 0.2) is 47.6 Å². The Kier molecular flexibility index (Phi) is 5.65. The first-order chi connectivity index (χ1) is 13.7. The number of ketones is 1. The Morgan fingerprint density at radius 1 is 1.00 bits per heavy atom. The molecule has 1 fully saturated rings. The largest absolute Gasteiger partial charge is 0.490 e. The van der Waals surface area contributed by atoms with E-state index in [9.17, 15) is 24.3 Å². The third-order valence-electron chi connectivity index (χ3n) is 4.45. The van der Waals surface area contributed by atoms with Crippen LogP contribution in [0.5, 0.6) is 5.75 Å². The number of carbonyl (C=O) groups is 4. The molecule has 1 aliphatic carbocycles. The van der Waals surface area contributed by atoms with E-state index < -0.39 is 29.3 Å². The summed E-state index contributed by atoms with van der Waals surface area (Å²) in [5.74, 6) is -1.32. The number of Topliss-reactive ketones (excluding diaryl/α,β-unsaturated/α-hetero) is 1. The maximum atomic E-state index is 12.2. The van der Waals surface area contributed by atoms with E-state index in [-0.39, 0.29) is 24.4 Å². The molecule has 3 rings (SSSR count). The van der Waals surface area contributed by atoms with Crippen LogP contribution < -0.4 is 4.74 Å². The van der Waals surface area contributed by atoms with Crippen molar-refractivity contribution in [2.75, 3.05) is 13.2 Å². The predicted octanol–water partition coefficient (Wildman–Crippen LogP) is 2.17. The highest BCUT2D eigenvalue weighted by Gasteiger charge is 2.44. The minimum Gasteiger partial charge on any atom is -0.490 e. The molecular weight excluding hydrogens is 378 g/mol. The van der Waals surface area contributed by atoms with Crippen molar-refractivity contribution in [1.29, 1.82) is 0 Å². The summed E-state index contributed by atoms with van der Waals surface area (Å²) in [6.45, 7) is 2.64. The molecule has 1 aromatic rings. The van der Waals surface area contributed by atoms with E-state index in [4.69, 9.17) is 9.47 Å². The fourth-order valence-electron chi connectivity index (χ4n) is 2.99. The van der Waals surface area contributed by atoms with Crippen LogP contribution in [0.2, 0.25) is 0 Å². The number of likely N-dealkylation sites (tertiary alicyclic amines) is 1. The summed E-state index contributed by atoms with van der Waals surface area (Å²) in [4.78, 5) is 49.0. The standard InChI is InChI=1S/C21H21NO7/c1-21(2,27)17(23)13-7-9-14(10-8-13)28-11-12-29-20(26)22-18(24)15-5-3-4-6-16(15)19(22)25/h5-10,27H,3-4,11-12H2,1-2H3. The first-order valence-electron chi connectivity index (χ1n) is 9.16. The summed E-state index contributed by atoms with van der Waals surface area (Å²) >= 11 is 0. The predicted molar refractivity (Wildman–Crippen MR) is 101 cm³/mol. The molecule has 1 aliphatic heterocycles. The van der Waals surface area contributed by atoms with Crippen molar-refractivity contribution < 1.29 is 33.8 Å². The zero-order chi connectivity index (χ0) is 21.2. The fraction of sp³-hybridized carbons (Fsp3) is 0.333. The Morgan fingerprint density at radius 2 is 1.55 bits per heavy atom. The van der Waals surface area contributed by atoms with Crippen molar-refractivity contribution in [3.63, 3.8) is 0 Å². The van der Waals surface area contributed by atoms with Gasteiger partial charge < -0.3 is 14.6 Å². The molecule has 0 radical (unpaired) electrons. The molecule has 1 aromatic carbocycles. The lowest BCUT2D eigenvalue weighted by atomic mass is 9.97. The van der Waals surface area contributed by atoms with Crippen molar-refractivity contribution in [1.82, 2.24) is 4.90 Å². The minimum atomic E-state index is -1.47. The molecule has 3 amide bonds. The van der Waals surface area contributed by atoms with Gasteiger partial charge in [-0.25, -0.2) is 4.79 Å². The number of imide groups is 3. The molecular formula is C21H21NO7. The Balaban J connectivity index is 1.50. The highest BCUT2D eigenvalue weighted by molar-refractivity contribution is 6.30. The maximum Gasteiger partial charge on any atom is 0.424 e. The summed E-state index contributed by atoms with van der Waals surface area (Å²) in [5.41, 5.74) is -0.636. The Bertz CT molecular complexity index is 887. The van der Waals surface area contributed by atoms with Crippen molar-refractivity contribution in [3.05, 3.63) is 53.1 Å². The normalized spacial score (nSPS) is 16.2. The van der Waals surface area contributed by atoms with E-state index in [1.54, 1.807) is 24.3 Å². The first-order valence-corrected chi connectivity index (χ1v) is 9.16. The van der Waals surface area contributed by atoms with Gasteiger partial charge in [0.05, 0.1) is 0 Å². The van der Waals surface area contributed by atoms with Crippen LogP contribution in [0.4, 0.5) is 4.79 Å². The van der Waals surface area contributed by atoms with E-state index in [1.165, 1.54) is 26.0 Å². The van der Waals surface area contributed by atoms with Gasteiger partial charge in [0.1, 0.15) is 24.6 Å². The Hall–Kier alpha value is -3.26. The van der Waals surface area contributed by atoms with Gasteiger partial charge in [-0.05, 0) is 51.0 Å². The van der Waals surface area contributed by atoms with Gasteiger partial charge in [-0.3, -0.25) is 14.4 Å². The van der Waals surface area contributed by atoms with E-state index >= 15 is 0 Å². The number of amides is 3. The van der Waals surface area contributed by atoms with Crippen molar-refractivity contribution >= 4 is 23.7 Å². The van der Waals surface area contributed by atoms with Gasteiger partial charge in [-0.2, -0.15) is 4.90 Å². The quantitative estimate of drug-likeness (QED) is 0.443. The maximum absolute atomic E-state index is 12.2. The first kappa shape index (κ1) is 20.5. The third kappa shape index (κ3) is 4.27. The number of carbonyl (C=O) groups excluding carboxylic acids is 4. The van der Waals surface area contributed by atoms with Crippen LogP contribution in [0.3, 0.4) is 0 Å². The van der Waals surface area contributed by atoms with Crippen molar-refractivity contribution in [3.8, 4) is 5.75 Å². The summed E-state index contributed by atoms with van der Waals surface area (Å²) < 4.78 is 10.4. The van der Waals surface area contributed by atoms with Gasteiger partial charge in [-0.15, -0.1) is 0 Å². The number of rotatable bonds is 6. The van der Waals surface area contributed by atoms with E-state index in [1.807, 2.05) is 0 Å². The van der Waals surface area contributed by atoms with Crippen LogP contribution in [0.1, 0.15) is 37.0 Å². The molecule has 2 aliphatic rings. The van der Waals surface area contributed by atoms with Crippen LogP contribution in [0, 0.1) is 0 Å². The second-order valence-corrected chi connectivity index (χ2v) is 7.13. The SMILES string of the molecule is CC(C)(O)C(=O)c1ccc(OCCOC(=O)N2C(=O)C3=CCCC=C3C2=O)cc1. The molecule has 0 unspecified atom stereocenters. The molecule has 8 heteroatoms. The smallest absolute Gasteiger partial charge is 0.424 e. The second-order valence-electron chi connectivity index (χ2n) is 7.13. The van der Waals surface area contributed by atoms with Crippen LogP contribution >= 0.6 is 0 Å². The average molecular weight is 399 g/mol. The topological polar surface area (TPSA) is 110 Å². The lowest BCUT2D eigenvalue weighted by molar-refractivity contribution is -0.134. The third-order valence-corrected chi connectivity index (χ3v) is 4.45. The van der Waals surface area contributed by atoms with Crippen molar-refractivity contribution in [2.45, 2.75) is 32.3 Å². The zero-order valence-corrected chi connectivity index (χ0v) is 16.1. The molecule has 0 bridgehead atoms. The van der Waals surface area contributed by atoms with Crippen LogP contribution in [-0.4, -0.2) is 52.5 Å². The number of hydrogen-bond acceptors (Lipinski definition) is 7. The summed E-state index contributed by atoms with van der Waals surface area (Å²) in [7, 11) is 0. The fourth-order valence-corrected chi connectivity index (χ4v) is 2.99. The van der Waals surface area contributed by atoms with Gasteiger partial charge in [0.15, 0.2) is 5.78 Å².